The third-order valence-corrected chi connectivity index (χ3v) is 4.37. The highest BCUT2D eigenvalue weighted by atomic mass is 16.5. The van der Waals surface area contributed by atoms with Crippen molar-refractivity contribution in [2.24, 2.45) is 0 Å². The van der Waals surface area contributed by atoms with E-state index in [0.717, 1.165) is 12.8 Å². The van der Waals surface area contributed by atoms with Gasteiger partial charge in [0.05, 0.1) is 11.6 Å². The Morgan fingerprint density at radius 1 is 1.19 bits per heavy atom. The van der Waals surface area contributed by atoms with E-state index >= 15 is 0 Å². The summed E-state index contributed by atoms with van der Waals surface area (Å²) < 4.78 is 9.04. The molecule has 1 N–H and O–H groups in total. The molecule has 8 heteroatoms. The molecule has 0 aliphatic carbocycles. The van der Waals surface area contributed by atoms with Crippen LogP contribution in [0.3, 0.4) is 0 Å². The molecule has 0 unspecified atom stereocenters. The first-order chi connectivity index (χ1) is 13.1. The van der Waals surface area contributed by atoms with Crippen LogP contribution in [0.15, 0.2) is 33.9 Å². The molecule has 2 aromatic heterocycles. The number of aromatic amines is 1. The number of ether oxygens (including phenoxy) is 1. The Labute approximate surface area is 155 Å². The van der Waals surface area contributed by atoms with Gasteiger partial charge < -0.3 is 9.30 Å². The van der Waals surface area contributed by atoms with Crippen molar-refractivity contribution >= 4 is 11.2 Å². The number of hydrogen-bond acceptors (Lipinski definition) is 5. The van der Waals surface area contributed by atoms with Crippen LogP contribution in [0.25, 0.3) is 11.2 Å². The van der Waals surface area contributed by atoms with Gasteiger partial charge in [-0.15, -0.1) is 0 Å². The predicted octanol–water partition coefficient (Wildman–Crippen LogP) is 2.16. The summed E-state index contributed by atoms with van der Waals surface area (Å²) in [5, 5.41) is 8.86. The molecule has 2 heterocycles. The van der Waals surface area contributed by atoms with Crippen molar-refractivity contribution in [2.45, 2.75) is 46.4 Å². The number of nitriles is 1. The Balaban J connectivity index is 1.99. The standard InChI is InChI=1S/C19H21N5O3/c1-3-5-10-24-17-16(18(25)22-19(24)26)23(4-2)15(21-17)12-27-14-8-6-13(11-20)7-9-14/h6-9H,3-5,10,12H2,1-2H3,(H,22,25,26). The van der Waals surface area contributed by atoms with Crippen LogP contribution in [0.1, 0.15) is 38.1 Å². The number of benzene rings is 1. The molecule has 140 valence electrons. The van der Waals surface area contributed by atoms with Gasteiger partial charge in [0.2, 0.25) is 0 Å². The molecule has 3 aromatic rings. The topological polar surface area (TPSA) is 106 Å². The summed E-state index contributed by atoms with van der Waals surface area (Å²) >= 11 is 0. The molecular weight excluding hydrogens is 346 g/mol. The SMILES string of the molecule is CCCCn1c(=O)[nH]c(=O)c2c1nc(COc1ccc(C#N)cc1)n2CC. The Morgan fingerprint density at radius 2 is 1.93 bits per heavy atom. The third kappa shape index (κ3) is 3.62. The van der Waals surface area contributed by atoms with Crippen LogP contribution in [-0.2, 0) is 19.7 Å². The monoisotopic (exact) mass is 367 g/mol. The summed E-state index contributed by atoms with van der Waals surface area (Å²) in [6.45, 7) is 5.12. The smallest absolute Gasteiger partial charge is 0.330 e. The first-order valence-corrected chi connectivity index (χ1v) is 8.94. The van der Waals surface area contributed by atoms with Gasteiger partial charge >= 0.3 is 5.69 Å². The number of nitrogens with zero attached hydrogens (tertiary/aromatic N) is 4. The van der Waals surface area contributed by atoms with Crippen molar-refractivity contribution in [3.05, 3.63) is 56.5 Å². The van der Waals surface area contributed by atoms with Crippen LogP contribution in [0, 0.1) is 11.3 Å². The average molecular weight is 367 g/mol. The fraction of sp³-hybridized carbons (Fsp3) is 0.368. The number of unbranched alkanes of at least 4 members (excludes halogenated alkanes) is 1. The maximum atomic E-state index is 12.4. The molecule has 0 aliphatic heterocycles. The molecule has 0 atom stereocenters. The van der Waals surface area contributed by atoms with E-state index in [-0.39, 0.29) is 6.61 Å². The van der Waals surface area contributed by atoms with Gasteiger partial charge in [0, 0.05) is 13.1 Å². The number of H-pyrrole nitrogens is 1. The average Bonchev–Trinajstić information content (AvgIpc) is 3.05. The maximum absolute atomic E-state index is 12.4. The fourth-order valence-electron chi connectivity index (χ4n) is 2.97. The second kappa shape index (κ2) is 7.91. The zero-order valence-corrected chi connectivity index (χ0v) is 15.4. The summed E-state index contributed by atoms with van der Waals surface area (Å²) in [4.78, 5) is 31.5. The Kier molecular flexibility index (Phi) is 5.41. The number of imidazole rings is 1. The van der Waals surface area contributed by atoms with E-state index in [0.29, 0.717) is 41.4 Å². The number of fused-ring (bicyclic) bond motifs is 1. The van der Waals surface area contributed by atoms with Crippen molar-refractivity contribution in [1.82, 2.24) is 19.1 Å². The van der Waals surface area contributed by atoms with Gasteiger partial charge in [-0.3, -0.25) is 14.3 Å². The molecule has 0 saturated heterocycles. The number of aryl methyl sites for hydroxylation is 2. The minimum absolute atomic E-state index is 0.149. The summed E-state index contributed by atoms with van der Waals surface area (Å²) in [5.41, 5.74) is 0.432. The van der Waals surface area contributed by atoms with Crippen LogP contribution in [0.2, 0.25) is 0 Å². The summed E-state index contributed by atoms with van der Waals surface area (Å²) in [7, 11) is 0. The van der Waals surface area contributed by atoms with Gasteiger partial charge in [-0.05, 0) is 37.6 Å². The van der Waals surface area contributed by atoms with E-state index in [1.807, 2.05) is 13.8 Å². The van der Waals surface area contributed by atoms with Crippen molar-refractivity contribution in [2.75, 3.05) is 0 Å². The van der Waals surface area contributed by atoms with Gasteiger partial charge in [-0.2, -0.15) is 5.26 Å². The Bertz CT molecular complexity index is 1100. The van der Waals surface area contributed by atoms with Crippen LogP contribution in [0.4, 0.5) is 0 Å². The van der Waals surface area contributed by atoms with E-state index in [4.69, 9.17) is 10.00 Å². The zero-order valence-electron chi connectivity index (χ0n) is 15.4. The van der Waals surface area contributed by atoms with E-state index in [9.17, 15) is 9.59 Å². The molecule has 27 heavy (non-hydrogen) atoms. The van der Waals surface area contributed by atoms with Crippen LogP contribution in [0.5, 0.6) is 5.75 Å². The molecule has 0 saturated carbocycles. The first kappa shape index (κ1) is 18.5. The number of nitrogens with one attached hydrogen (secondary N) is 1. The lowest BCUT2D eigenvalue weighted by atomic mass is 10.2. The second-order valence-electron chi connectivity index (χ2n) is 6.13. The maximum Gasteiger partial charge on any atom is 0.330 e. The summed E-state index contributed by atoms with van der Waals surface area (Å²) in [5.74, 6) is 1.17. The quantitative estimate of drug-likeness (QED) is 0.689. The molecule has 0 bridgehead atoms. The number of rotatable bonds is 7. The Hall–Kier alpha value is -3.34. The third-order valence-electron chi connectivity index (χ3n) is 4.37. The number of aromatic nitrogens is 4. The lowest BCUT2D eigenvalue weighted by molar-refractivity contribution is 0.290. The summed E-state index contributed by atoms with van der Waals surface area (Å²) in [6, 6.07) is 8.82. The molecular formula is C19H21N5O3. The van der Waals surface area contributed by atoms with Gasteiger partial charge in [0.15, 0.2) is 11.2 Å². The molecule has 1 aromatic carbocycles. The second-order valence-corrected chi connectivity index (χ2v) is 6.13. The highest BCUT2D eigenvalue weighted by Gasteiger charge is 2.18. The molecule has 0 radical (unpaired) electrons. The van der Waals surface area contributed by atoms with E-state index in [1.54, 1.807) is 28.8 Å². The van der Waals surface area contributed by atoms with Gasteiger partial charge in [0.25, 0.3) is 5.56 Å². The minimum atomic E-state index is -0.443. The van der Waals surface area contributed by atoms with E-state index < -0.39 is 11.2 Å². The molecule has 0 spiro atoms. The first-order valence-electron chi connectivity index (χ1n) is 8.94. The van der Waals surface area contributed by atoms with E-state index in [2.05, 4.69) is 16.0 Å². The van der Waals surface area contributed by atoms with Gasteiger partial charge in [-0.25, -0.2) is 9.78 Å². The van der Waals surface area contributed by atoms with Crippen LogP contribution >= 0.6 is 0 Å². The van der Waals surface area contributed by atoms with Gasteiger partial charge in [-0.1, -0.05) is 13.3 Å². The Morgan fingerprint density at radius 3 is 2.56 bits per heavy atom. The predicted molar refractivity (Wildman–Crippen MR) is 101 cm³/mol. The van der Waals surface area contributed by atoms with Crippen molar-refractivity contribution in [1.29, 1.82) is 5.26 Å². The van der Waals surface area contributed by atoms with Crippen molar-refractivity contribution in [3.63, 3.8) is 0 Å². The molecule has 0 amide bonds. The van der Waals surface area contributed by atoms with Crippen LogP contribution in [-0.4, -0.2) is 19.1 Å². The minimum Gasteiger partial charge on any atom is -0.486 e. The van der Waals surface area contributed by atoms with E-state index in [1.165, 1.54) is 4.57 Å². The van der Waals surface area contributed by atoms with Crippen molar-refractivity contribution < 1.29 is 4.74 Å². The summed E-state index contributed by atoms with van der Waals surface area (Å²) in [6.07, 6.45) is 1.74. The number of hydrogen-bond donors (Lipinski definition) is 1. The van der Waals surface area contributed by atoms with Gasteiger partial charge in [0.1, 0.15) is 18.2 Å². The highest BCUT2D eigenvalue weighted by Crippen LogP contribution is 2.16. The lowest BCUT2D eigenvalue weighted by Gasteiger charge is -2.08. The molecule has 8 nitrogen and oxygen atoms in total. The highest BCUT2D eigenvalue weighted by molar-refractivity contribution is 5.70. The van der Waals surface area contributed by atoms with Crippen LogP contribution < -0.4 is 16.0 Å². The zero-order chi connectivity index (χ0) is 19.4. The molecule has 0 fully saturated rings. The lowest BCUT2D eigenvalue weighted by Crippen LogP contribution is -2.31. The van der Waals surface area contributed by atoms with Crippen molar-refractivity contribution in [3.8, 4) is 11.8 Å². The molecule has 3 rings (SSSR count). The fourth-order valence-corrected chi connectivity index (χ4v) is 2.97. The molecule has 0 aliphatic rings. The largest absolute Gasteiger partial charge is 0.486 e. The normalized spacial score (nSPS) is 10.9.